The topological polar surface area (TPSA) is 155 Å². The summed E-state index contributed by atoms with van der Waals surface area (Å²) in [5.41, 5.74) is 6.71. The number of aromatic nitrogens is 5. The van der Waals surface area contributed by atoms with Crippen LogP contribution in [0.1, 0.15) is 25.7 Å². The van der Waals surface area contributed by atoms with E-state index in [9.17, 15) is 15.1 Å². The van der Waals surface area contributed by atoms with Crippen molar-refractivity contribution in [2.24, 2.45) is 5.73 Å². The summed E-state index contributed by atoms with van der Waals surface area (Å²) in [4.78, 5) is 27.8. The molecule has 0 fully saturated rings. The lowest BCUT2D eigenvalue weighted by Crippen LogP contribution is -2.39. The summed E-state index contributed by atoms with van der Waals surface area (Å²) in [5.74, 6) is 0.756. The number of pyridine rings is 1. The Hall–Kier alpha value is -3.31. The number of nitrogens with two attached hydrogens (primary N) is 1. The highest BCUT2D eigenvalue weighted by Crippen LogP contribution is 2.23. The van der Waals surface area contributed by atoms with Crippen LogP contribution in [-0.2, 0) is 4.79 Å². The fourth-order valence-electron chi connectivity index (χ4n) is 2.85. The molecule has 0 saturated heterocycles. The number of amides is 1. The molecule has 0 bridgehead atoms. The molecule has 1 amide bonds. The Morgan fingerprint density at radius 3 is 2.75 bits per heavy atom. The number of aryl methyl sites for hydroxylation is 1. The van der Waals surface area contributed by atoms with E-state index in [1.807, 2.05) is 13.0 Å². The predicted molar refractivity (Wildman–Crippen MR) is 102 cm³/mol. The highest BCUT2D eigenvalue weighted by molar-refractivity contribution is 5.79. The molecule has 5 N–H and O–H groups in total. The Labute approximate surface area is 160 Å². The lowest BCUT2D eigenvalue weighted by atomic mass is 10.3. The fourth-order valence-corrected chi connectivity index (χ4v) is 2.85. The van der Waals surface area contributed by atoms with Crippen molar-refractivity contribution in [1.82, 2.24) is 24.5 Å². The zero-order valence-corrected chi connectivity index (χ0v) is 15.7. The van der Waals surface area contributed by atoms with Crippen molar-refractivity contribution in [3.63, 3.8) is 0 Å². The van der Waals surface area contributed by atoms with Gasteiger partial charge in [-0.1, -0.05) is 0 Å². The Kier molecular flexibility index (Phi) is 5.38. The molecule has 148 valence electrons. The molecule has 1 atom stereocenters. The van der Waals surface area contributed by atoms with Crippen molar-refractivity contribution in [3.8, 4) is 0 Å². The lowest BCUT2D eigenvalue weighted by Gasteiger charge is -2.17. The highest BCUT2D eigenvalue weighted by Gasteiger charge is 2.18. The third kappa shape index (κ3) is 4.00. The van der Waals surface area contributed by atoms with E-state index >= 15 is 0 Å². The van der Waals surface area contributed by atoms with Gasteiger partial charge in [0.05, 0.1) is 18.3 Å². The van der Waals surface area contributed by atoms with Crippen molar-refractivity contribution >= 4 is 34.5 Å². The summed E-state index contributed by atoms with van der Waals surface area (Å²) >= 11 is 0. The molecule has 0 aromatic carbocycles. The number of nitrogens with one attached hydrogen (secondary N) is 1. The van der Waals surface area contributed by atoms with Gasteiger partial charge in [-0.2, -0.15) is 4.98 Å². The molecule has 3 aromatic rings. The second kappa shape index (κ2) is 7.74. The van der Waals surface area contributed by atoms with E-state index < -0.39 is 18.6 Å². The summed E-state index contributed by atoms with van der Waals surface area (Å²) in [6, 6.07) is 3.70. The predicted octanol–water partition coefficient (Wildman–Crippen LogP) is 0.896. The minimum atomic E-state index is -1.55. The Morgan fingerprint density at radius 1 is 1.32 bits per heavy atom. The maximum absolute atomic E-state index is 10.9. The van der Waals surface area contributed by atoms with Gasteiger partial charge >= 0.3 is 0 Å². The number of aliphatic hydroxyl groups excluding tert-OH is 1. The van der Waals surface area contributed by atoms with Crippen LogP contribution in [0.4, 0.5) is 17.6 Å². The molecular formula is C17H22N8O3. The van der Waals surface area contributed by atoms with Crippen LogP contribution in [0.2, 0.25) is 0 Å². The number of primary amides is 1. The van der Waals surface area contributed by atoms with Gasteiger partial charge in [-0.25, -0.2) is 20.0 Å². The minimum Gasteiger partial charge on any atom is -0.381 e. The molecule has 3 heterocycles. The molecule has 28 heavy (non-hydrogen) atoms. The highest BCUT2D eigenvalue weighted by atomic mass is 16.5. The Bertz CT molecular complexity index is 1000. The standard InChI is InChI=1S/C17H22N8O3/c1-9(2)25-10(3)21-11-7-20-15(6-12(11)25)22-14-4-5-19-17(23-14)24(28)8-13(26)16(18)27/h4-7,9,13,26,28H,8H2,1-3H3,(H2,18,27)(H,19,20,22,23). The number of imidazole rings is 1. The van der Waals surface area contributed by atoms with E-state index in [-0.39, 0.29) is 12.0 Å². The first kappa shape index (κ1) is 19.5. The molecule has 0 spiro atoms. The fraction of sp³-hybridized carbons (Fsp3) is 0.353. The van der Waals surface area contributed by atoms with Crippen LogP contribution in [0.3, 0.4) is 0 Å². The largest absolute Gasteiger partial charge is 0.381 e. The molecule has 0 radical (unpaired) electrons. The number of rotatable bonds is 7. The van der Waals surface area contributed by atoms with Crippen LogP contribution in [0.15, 0.2) is 24.5 Å². The van der Waals surface area contributed by atoms with Gasteiger partial charge in [-0.05, 0) is 26.8 Å². The normalized spacial score (nSPS) is 12.4. The van der Waals surface area contributed by atoms with E-state index in [2.05, 4.69) is 43.7 Å². The molecule has 1 unspecified atom stereocenters. The third-order valence-electron chi connectivity index (χ3n) is 4.07. The monoisotopic (exact) mass is 386 g/mol. The van der Waals surface area contributed by atoms with E-state index in [4.69, 9.17) is 5.73 Å². The second-order valence-electron chi connectivity index (χ2n) is 6.55. The quantitative estimate of drug-likeness (QED) is 0.433. The number of anilines is 3. The summed E-state index contributed by atoms with van der Waals surface area (Å²) in [5, 5.41) is 23.0. The first-order chi connectivity index (χ1) is 13.3. The van der Waals surface area contributed by atoms with Crippen LogP contribution < -0.4 is 16.1 Å². The van der Waals surface area contributed by atoms with Crippen molar-refractivity contribution in [2.45, 2.75) is 32.9 Å². The number of hydrogen-bond donors (Lipinski definition) is 4. The lowest BCUT2D eigenvalue weighted by molar-refractivity contribution is -0.126. The van der Waals surface area contributed by atoms with Crippen molar-refractivity contribution in [1.29, 1.82) is 0 Å². The molecule has 11 nitrogen and oxygen atoms in total. The van der Waals surface area contributed by atoms with E-state index in [0.717, 1.165) is 16.9 Å². The third-order valence-corrected chi connectivity index (χ3v) is 4.07. The number of hydrogen-bond acceptors (Lipinski definition) is 9. The molecule has 11 heteroatoms. The van der Waals surface area contributed by atoms with Crippen molar-refractivity contribution in [2.75, 3.05) is 16.9 Å². The number of aliphatic hydroxyl groups is 1. The van der Waals surface area contributed by atoms with Gasteiger partial charge in [-0.3, -0.25) is 10.0 Å². The van der Waals surface area contributed by atoms with Crippen LogP contribution in [0, 0.1) is 6.92 Å². The van der Waals surface area contributed by atoms with Gasteiger partial charge in [0.1, 0.15) is 23.0 Å². The number of fused-ring (bicyclic) bond motifs is 1. The molecular weight excluding hydrogens is 364 g/mol. The number of hydroxylamine groups is 1. The van der Waals surface area contributed by atoms with Gasteiger partial charge in [0.15, 0.2) is 6.10 Å². The second-order valence-corrected chi connectivity index (χ2v) is 6.55. The molecule has 0 aliphatic carbocycles. The number of nitrogens with zero attached hydrogens (tertiary/aromatic N) is 6. The summed E-state index contributed by atoms with van der Waals surface area (Å²) in [6.07, 6.45) is 1.55. The molecule has 3 rings (SSSR count). The molecule has 0 aliphatic heterocycles. The van der Waals surface area contributed by atoms with E-state index in [0.29, 0.717) is 16.7 Å². The van der Waals surface area contributed by atoms with Crippen molar-refractivity contribution in [3.05, 3.63) is 30.4 Å². The van der Waals surface area contributed by atoms with Gasteiger partial charge < -0.3 is 20.7 Å². The minimum absolute atomic E-state index is 0.102. The first-order valence-electron chi connectivity index (χ1n) is 8.64. The smallest absolute Gasteiger partial charge is 0.251 e. The first-order valence-corrected chi connectivity index (χ1v) is 8.64. The number of carbonyl (C=O) groups is 1. The average Bonchev–Trinajstić information content (AvgIpc) is 2.97. The van der Waals surface area contributed by atoms with Crippen molar-refractivity contribution < 1.29 is 15.1 Å². The number of carbonyl (C=O) groups excluding carboxylic acids is 1. The van der Waals surface area contributed by atoms with E-state index in [1.54, 1.807) is 12.3 Å². The van der Waals surface area contributed by atoms with Crippen LogP contribution in [0.25, 0.3) is 11.0 Å². The van der Waals surface area contributed by atoms with Crippen LogP contribution in [-0.4, -0.2) is 53.4 Å². The van der Waals surface area contributed by atoms with Gasteiger partial charge in [0.25, 0.3) is 5.95 Å². The zero-order chi connectivity index (χ0) is 20.4. The SMILES string of the molecule is Cc1nc2cnc(Nc3ccnc(N(O)CC(O)C(N)=O)n3)cc2n1C(C)C. The maximum atomic E-state index is 10.9. The van der Waals surface area contributed by atoms with Gasteiger partial charge in [0.2, 0.25) is 5.91 Å². The average molecular weight is 386 g/mol. The maximum Gasteiger partial charge on any atom is 0.251 e. The molecule has 0 saturated carbocycles. The van der Waals surface area contributed by atoms with Gasteiger partial charge in [-0.15, -0.1) is 0 Å². The summed E-state index contributed by atoms with van der Waals surface area (Å²) < 4.78 is 2.11. The Balaban J connectivity index is 1.84. The molecule has 3 aromatic heterocycles. The van der Waals surface area contributed by atoms with Crippen LogP contribution in [0.5, 0.6) is 0 Å². The Morgan fingerprint density at radius 2 is 2.07 bits per heavy atom. The summed E-state index contributed by atoms with van der Waals surface area (Å²) in [7, 11) is 0. The van der Waals surface area contributed by atoms with Crippen LogP contribution >= 0.6 is 0 Å². The van der Waals surface area contributed by atoms with E-state index in [1.165, 1.54) is 6.20 Å². The zero-order valence-electron chi connectivity index (χ0n) is 15.7. The summed E-state index contributed by atoms with van der Waals surface area (Å²) in [6.45, 7) is 5.65. The molecule has 0 aliphatic rings. The van der Waals surface area contributed by atoms with Gasteiger partial charge in [0, 0.05) is 18.3 Å².